The normalized spacial score (nSPS) is 12.0. The number of esters is 1. The minimum Gasteiger partial charge on any atom is -0.465 e. The van der Waals surface area contributed by atoms with Crippen LogP contribution in [0.3, 0.4) is 0 Å². The van der Waals surface area contributed by atoms with Crippen LogP contribution in [-0.2, 0) is 9.53 Å². The number of nitrogens with zero attached hydrogens (tertiary/aromatic N) is 1. The quantitative estimate of drug-likeness (QED) is 0.427. The van der Waals surface area contributed by atoms with Gasteiger partial charge in [-0.15, -0.1) is 0 Å². The first kappa shape index (κ1) is 18.5. The summed E-state index contributed by atoms with van der Waals surface area (Å²) in [4.78, 5) is 45.2. The van der Waals surface area contributed by atoms with Crippen LogP contribution in [0.25, 0.3) is 11.0 Å². The van der Waals surface area contributed by atoms with Gasteiger partial charge in [0.2, 0.25) is 0 Å². The van der Waals surface area contributed by atoms with E-state index < -0.39 is 23.2 Å². The molecule has 1 atom stereocenters. The fraction of sp³-hybridized carbons (Fsp3) is 0.238. The largest absolute Gasteiger partial charge is 0.465 e. The van der Waals surface area contributed by atoms with Gasteiger partial charge in [0.15, 0.2) is 11.7 Å². The number of hydrogen-bond acceptors (Lipinski definition) is 5. The molecule has 0 aliphatic heterocycles. The monoisotopic (exact) mass is 364 g/mol. The minimum absolute atomic E-state index is 0.0984. The Bertz CT molecular complexity index is 1070. The number of Topliss-reactive ketones (excluding diaryl/α,β-unsaturated/α-hetero) is 1. The molecule has 6 nitrogen and oxygen atoms in total. The molecule has 0 aliphatic rings. The first-order valence-corrected chi connectivity index (χ1v) is 8.69. The third kappa shape index (κ3) is 3.65. The molecule has 6 heteroatoms. The number of carbonyl (C=O) groups is 2. The summed E-state index contributed by atoms with van der Waals surface area (Å²) in [7, 11) is 0. The lowest BCUT2D eigenvalue weighted by atomic mass is 9.94. The van der Waals surface area contributed by atoms with Gasteiger partial charge in [-0.3, -0.25) is 14.4 Å². The molecule has 0 radical (unpaired) electrons. The molecule has 0 bridgehead atoms. The highest BCUT2D eigenvalue weighted by Gasteiger charge is 2.34. The maximum absolute atomic E-state index is 13.0. The van der Waals surface area contributed by atoms with Crippen molar-refractivity contribution in [1.29, 1.82) is 0 Å². The molecule has 138 valence electrons. The van der Waals surface area contributed by atoms with Gasteiger partial charge in [-0.2, -0.15) is 0 Å². The van der Waals surface area contributed by atoms with Gasteiger partial charge in [0.1, 0.15) is 5.69 Å². The smallest absolute Gasteiger partial charge is 0.323 e. The van der Waals surface area contributed by atoms with Crippen LogP contribution in [-0.4, -0.2) is 28.3 Å². The molecule has 1 heterocycles. The van der Waals surface area contributed by atoms with Crippen molar-refractivity contribution in [3.8, 4) is 0 Å². The van der Waals surface area contributed by atoms with E-state index in [1.807, 2.05) is 26.0 Å². The number of aromatic amines is 1. The van der Waals surface area contributed by atoms with E-state index >= 15 is 0 Å². The highest BCUT2D eigenvalue weighted by Crippen LogP contribution is 2.22. The predicted octanol–water partition coefficient (Wildman–Crippen LogP) is 3.07. The summed E-state index contributed by atoms with van der Waals surface area (Å²) in [6.07, 6.45) is 0. The zero-order valence-electron chi connectivity index (χ0n) is 15.4. The Kier molecular flexibility index (Phi) is 5.16. The lowest BCUT2D eigenvalue weighted by Crippen LogP contribution is -2.31. The highest BCUT2D eigenvalue weighted by molar-refractivity contribution is 6.12. The molecular weight excluding hydrogens is 344 g/mol. The number of aryl methyl sites for hydroxylation is 2. The van der Waals surface area contributed by atoms with E-state index in [4.69, 9.17) is 4.74 Å². The van der Waals surface area contributed by atoms with Crippen molar-refractivity contribution in [2.45, 2.75) is 26.7 Å². The lowest BCUT2D eigenvalue weighted by Gasteiger charge is -2.14. The van der Waals surface area contributed by atoms with E-state index in [-0.39, 0.29) is 12.3 Å². The van der Waals surface area contributed by atoms with Gasteiger partial charge in [-0.05, 0) is 44.0 Å². The summed E-state index contributed by atoms with van der Waals surface area (Å²) in [5.41, 5.74) is 2.66. The number of rotatable bonds is 5. The van der Waals surface area contributed by atoms with Crippen molar-refractivity contribution in [3.63, 3.8) is 0 Å². The van der Waals surface area contributed by atoms with Crippen LogP contribution in [0.5, 0.6) is 0 Å². The molecule has 0 fully saturated rings. The van der Waals surface area contributed by atoms with Crippen molar-refractivity contribution >= 4 is 22.8 Å². The lowest BCUT2D eigenvalue weighted by molar-refractivity contribution is -0.143. The Balaban J connectivity index is 2.18. The number of nitrogens with one attached hydrogen (secondary N) is 1. The maximum Gasteiger partial charge on any atom is 0.323 e. The SMILES string of the molecule is CCOC(=O)C(C(=O)c1ccccc1)c1nc2cc(C)c(C)cc2[nH]c1=O. The Morgan fingerprint density at radius 2 is 1.78 bits per heavy atom. The molecule has 0 spiro atoms. The van der Waals surface area contributed by atoms with E-state index in [1.54, 1.807) is 37.3 Å². The number of carbonyl (C=O) groups excluding carboxylic acids is 2. The van der Waals surface area contributed by atoms with Gasteiger partial charge in [0.25, 0.3) is 5.56 Å². The number of fused-ring (bicyclic) bond motifs is 1. The van der Waals surface area contributed by atoms with E-state index in [0.717, 1.165) is 11.1 Å². The van der Waals surface area contributed by atoms with Crippen molar-refractivity contribution in [3.05, 3.63) is 75.2 Å². The van der Waals surface area contributed by atoms with Crippen molar-refractivity contribution in [2.75, 3.05) is 6.61 Å². The fourth-order valence-electron chi connectivity index (χ4n) is 2.89. The first-order valence-electron chi connectivity index (χ1n) is 8.69. The van der Waals surface area contributed by atoms with Gasteiger partial charge in [-0.1, -0.05) is 30.3 Å². The predicted molar refractivity (Wildman–Crippen MR) is 102 cm³/mol. The van der Waals surface area contributed by atoms with Gasteiger partial charge < -0.3 is 9.72 Å². The Morgan fingerprint density at radius 3 is 2.44 bits per heavy atom. The zero-order chi connectivity index (χ0) is 19.6. The van der Waals surface area contributed by atoms with E-state index in [9.17, 15) is 14.4 Å². The van der Waals surface area contributed by atoms with Gasteiger partial charge in [-0.25, -0.2) is 4.98 Å². The van der Waals surface area contributed by atoms with Crippen molar-refractivity contribution in [1.82, 2.24) is 9.97 Å². The van der Waals surface area contributed by atoms with Gasteiger partial charge in [0.05, 0.1) is 17.6 Å². The van der Waals surface area contributed by atoms with Crippen LogP contribution in [0.2, 0.25) is 0 Å². The molecule has 2 aromatic carbocycles. The molecule has 0 aliphatic carbocycles. The van der Waals surface area contributed by atoms with Crippen LogP contribution in [0.1, 0.15) is 40.0 Å². The molecule has 1 aromatic heterocycles. The van der Waals surface area contributed by atoms with Crippen LogP contribution < -0.4 is 5.56 Å². The molecule has 0 amide bonds. The number of ketones is 1. The second kappa shape index (κ2) is 7.53. The average Bonchev–Trinajstić information content (AvgIpc) is 2.65. The summed E-state index contributed by atoms with van der Waals surface area (Å²) in [5, 5.41) is 0. The van der Waals surface area contributed by atoms with E-state index in [1.165, 1.54) is 0 Å². The standard InChI is InChI=1S/C21H20N2O4/c1-4-27-21(26)17(19(24)14-8-6-5-7-9-14)18-20(25)23-16-11-13(3)12(2)10-15(16)22-18/h5-11,17H,4H2,1-3H3,(H,23,25). The minimum atomic E-state index is -1.41. The molecule has 1 N–H and O–H groups in total. The van der Waals surface area contributed by atoms with Crippen LogP contribution in [0, 0.1) is 13.8 Å². The molecule has 3 rings (SSSR count). The molecular formula is C21H20N2O4. The molecule has 1 unspecified atom stereocenters. The number of hydrogen-bond donors (Lipinski definition) is 1. The van der Waals surface area contributed by atoms with Crippen LogP contribution in [0.4, 0.5) is 0 Å². The third-order valence-electron chi connectivity index (χ3n) is 4.45. The zero-order valence-corrected chi connectivity index (χ0v) is 15.4. The van der Waals surface area contributed by atoms with E-state index in [2.05, 4.69) is 9.97 Å². The maximum atomic E-state index is 13.0. The first-order chi connectivity index (χ1) is 12.9. The number of benzene rings is 2. The second-order valence-electron chi connectivity index (χ2n) is 6.32. The highest BCUT2D eigenvalue weighted by atomic mass is 16.5. The summed E-state index contributed by atoms with van der Waals surface area (Å²) < 4.78 is 5.06. The molecule has 27 heavy (non-hydrogen) atoms. The number of aromatic nitrogens is 2. The second-order valence-corrected chi connectivity index (χ2v) is 6.32. The third-order valence-corrected chi connectivity index (χ3v) is 4.45. The Morgan fingerprint density at radius 1 is 1.11 bits per heavy atom. The number of H-pyrrole nitrogens is 1. The van der Waals surface area contributed by atoms with E-state index in [0.29, 0.717) is 16.6 Å². The van der Waals surface area contributed by atoms with Crippen LogP contribution >= 0.6 is 0 Å². The summed E-state index contributed by atoms with van der Waals surface area (Å²) in [5.74, 6) is -2.72. The van der Waals surface area contributed by atoms with Crippen molar-refractivity contribution < 1.29 is 14.3 Å². The Hall–Kier alpha value is -3.28. The molecule has 0 saturated carbocycles. The van der Waals surface area contributed by atoms with Gasteiger partial charge >= 0.3 is 5.97 Å². The van der Waals surface area contributed by atoms with Gasteiger partial charge in [0, 0.05) is 5.56 Å². The topological polar surface area (TPSA) is 89.1 Å². The molecule has 3 aromatic rings. The summed E-state index contributed by atoms with van der Waals surface area (Å²) >= 11 is 0. The Labute approximate surface area is 156 Å². The average molecular weight is 364 g/mol. The fourth-order valence-corrected chi connectivity index (χ4v) is 2.89. The van der Waals surface area contributed by atoms with Crippen LogP contribution in [0.15, 0.2) is 47.3 Å². The summed E-state index contributed by atoms with van der Waals surface area (Å²) in [6.45, 7) is 5.61. The number of ether oxygens (including phenoxy) is 1. The molecule has 0 saturated heterocycles. The van der Waals surface area contributed by atoms with Crippen molar-refractivity contribution in [2.24, 2.45) is 0 Å². The summed E-state index contributed by atoms with van der Waals surface area (Å²) in [6, 6.07) is 12.0.